The first-order valence-electron chi connectivity index (χ1n) is 7.74. The molecule has 1 aromatic rings. The van der Waals surface area contributed by atoms with Crippen LogP contribution in [0, 0.1) is 6.92 Å². The summed E-state index contributed by atoms with van der Waals surface area (Å²) in [5, 5.41) is 13.8. The van der Waals surface area contributed by atoms with E-state index in [0.29, 0.717) is 6.04 Å². The van der Waals surface area contributed by atoms with Crippen LogP contribution >= 0.6 is 0 Å². The third-order valence-corrected chi connectivity index (χ3v) is 4.17. The molecule has 1 unspecified atom stereocenters. The molecule has 106 valence electrons. The van der Waals surface area contributed by atoms with Gasteiger partial charge in [-0.2, -0.15) is 0 Å². The highest BCUT2D eigenvalue weighted by molar-refractivity contribution is 5.22. The van der Waals surface area contributed by atoms with Gasteiger partial charge in [-0.15, -0.1) is 0 Å². The molecule has 0 amide bonds. The van der Waals surface area contributed by atoms with Crippen molar-refractivity contribution in [3.05, 3.63) is 35.4 Å². The van der Waals surface area contributed by atoms with Crippen molar-refractivity contribution in [3.63, 3.8) is 0 Å². The lowest BCUT2D eigenvalue weighted by atomic mass is 10.0. The SMILES string of the molecule is Cc1ccc(C(O)CCNC2CCCCCC2)cc1. The van der Waals surface area contributed by atoms with Gasteiger partial charge in [0.25, 0.3) is 0 Å². The van der Waals surface area contributed by atoms with Crippen LogP contribution in [0.2, 0.25) is 0 Å². The van der Waals surface area contributed by atoms with Gasteiger partial charge in [-0.05, 0) is 38.3 Å². The third-order valence-electron chi connectivity index (χ3n) is 4.17. The van der Waals surface area contributed by atoms with Crippen LogP contribution in [0.5, 0.6) is 0 Å². The van der Waals surface area contributed by atoms with Gasteiger partial charge in [-0.1, -0.05) is 55.5 Å². The lowest BCUT2D eigenvalue weighted by Gasteiger charge is -2.18. The van der Waals surface area contributed by atoms with E-state index >= 15 is 0 Å². The summed E-state index contributed by atoms with van der Waals surface area (Å²) in [5.41, 5.74) is 2.28. The number of benzene rings is 1. The molecule has 0 saturated heterocycles. The van der Waals surface area contributed by atoms with E-state index in [4.69, 9.17) is 0 Å². The van der Waals surface area contributed by atoms with Gasteiger partial charge in [0.1, 0.15) is 0 Å². The average Bonchev–Trinajstić information content (AvgIpc) is 2.68. The third kappa shape index (κ3) is 4.96. The molecule has 0 spiro atoms. The quantitative estimate of drug-likeness (QED) is 0.792. The molecule has 19 heavy (non-hydrogen) atoms. The first kappa shape index (κ1) is 14.5. The molecule has 0 aliphatic heterocycles. The Kier molecular flexibility index (Phi) is 5.87. The van der Waals surface area contributed by atoms with Crippen molar-refractivity contribution < 1.29 is 5.11 Å². The molecular formula is C17H27NO. The van der Waals surface area contributed by atoms with Crippen molar-refractivity contribution in [2.24, 2.45) is 0 Å². The summed E-state index contributed by atoms with van der Waals surface area (Å²) in [7, 11) is 0. The molecule has 1 aliphatic rings. The largest absolute Gasteiger partial charge is 0.388 e. The highest BCUT2D eigenvalue weighted by Crippen LogP contribution is 2.19. The van der Waals surface area contributed by atoms with E-state index in [9.17, 15) is 5.11 Å². The molecule has 0 heterocycles. The Morgan fingerprint density at radius 1 is 1.11 bits per heavy atom. The number of hydrogen-bond acceptors (Lipinski definition) is 2. The van der Waals surface area contributed by atoms with Crippen molar-refractivity contribution in [3.8, 4) is 0 Å². The zero-order chi connectivity index (χ0) is 13.5. The van der Waals surface area contributed by atoms with Crippen molar-refractivity contribution in [1.29, 1.82) is 0 Å². The molecule has 1 saturated carbocycles. The zero-order valence-corrected chi connectivity index (χ0v) is 12.1. The van der Waals surface area contributed by atoms with E-state index in [0.717, 1.165) is 18.5 Å². The van der Waals surface area contributed by atoms with Crippen LogP contribution in [0.4, 0.5) is 0 Å². The van der Waals surface area contributed by atoms with Gasteiger partial charge in [-0.25, -0.2) is 0 Å². The van der Waals surface area contributed by atoms with Crippen molar-refractivity contribution >= 4 is 0 Å². The summed E-state index contributed by atoms with van der Waals surface area (Å²) < 4.78 is 0. The average molecular weight is 261 g/mol. The predicted molar refractivity (Wildman–Crippen MR) is 80.2 cm³/mol. The van der Waals surface area contributed by atoms with E-state index in [-0.39, 0.29) is 6.10 Å². The van der Waals surface area contributed by atoms with E-state index in [1.807, 2.05) is 12.1 Å². The lowest BCUT2D eigenvalue weighted by molar-refractivity contribution is 0.165. The molecule has 1 fully saturated rings. The molecule has 0 aromatic heterocycles. The van der Waals surface area contributed by atoms with E-state index in [2.05, 4.69) is 24.4 Å². The highest BCUT2D eigenvalue weighted by Gasteiger charge is 2.12. The van der Waals surface area contributed by atoms with Gasteiger partial charge < -0.3 is 10.4 Å². The fourth-order valence-corrected chi connectivity index (χ4v) is 2.86. The van der Waals surface area contributed by atoms with Gasteiger partial charge >= 0.3 is 0 Å². The van der Waals surface area contributed by atoms with E-state index in [1.54, 1.807) is 0 Å². The van der Waals surface area contributed by atoms with Crippen molar-refractivity contribution in [2.45, 2.75) is 64.0 Å². The minimum Gasteiger partial charge on any atom is -0.388 e. The number of hydrogen-bond donors (Lipinski definition) is 2. The minimum atomic E-state index is -0.334. The van der Waals surface area contributed by atoms with Crippen LogP contribution < -0.4 is 5.32 Å². The first-order chi connectivity index (χ1) is 9.25. The Labute approximate surface area is 117 Å². The van der Waals surface area contributed by atoms with Crippen molar-refractivity contribution in [2.75, 3.05) is 6.54 Å². The summed E-state index contributed by atoms with van der Waals surface area (Å²) >= 11 is 0. The first-order valence-corrected chi connectivity index (χ1v) is 7.74. The molecule has 2 heteroatoms. The van der Waals surface area contributed by atoms with Crippen molar-refractivity contribution in [1.82, 2.24) is 5.32 Å². The Balaban J connectivity index is 1.71. The van der Waals surface area contributed by atoms with Gasteiger partial charge in [0.15, 0.2) is 0 Å². The predicted octanol–water partition coefficient (Wildman–Crippen LogP) is 3.73. The van der Waals surface area contributed by atoms with Crippen LogP contribution in [-0.4, -0.2) is 17.7 Å². The van der Waals surface area contributed by atoms with E-state index < -0.39 is 0 Å². The second-order valence-corrected chi connectivity index (χ2v) is 5.86. The topological polar surface area (TPSA) is 32.3 Å². The molecule has 1 atom stereocenters. The molecule has 0 bridgehead atoms. The van der Waals surface area contributed by atoms with Crippen LogP contribution in [-0.2, 0) is 0 Å². The summed E-state index contributed by atoms with van der Waals surface area (Å²) in [4.78, 5) is 0. The standard InChI is InChI=1S/C17H27NO/c1-14-8-10-15(11-9-14)17(19)12-13-18-16-6-4-2-3-5-7-16/h8-11,16-19H,2-7,12-13H2,1H3. The van der Waals surface area contributed by atoms with Gasteiger partial charge in [0, 0.05) is 6.04 Å². The van der Waals surface area contributed by atoms with Crippen LogP contribution in [0.3, 0.4) is 0 Å². The Morgan fingerprint density at radius 3 is 2.37 bits per heavy atom. The van der Waals surface area contributed by atoms with Crippen LogP contribution in [0.15, 0.2) is 24.3 Å². The van der Waals surface area contributed by atoms with E-state index in [1.165, 1.54) is 44.1 Å². The number of rotatable bonds is 5. The minimum absolute atomic E-state index is 0.334. The Bertz CT molecular complexity index is 352. The molecule has 2 rings (SSSR count). The summed E-state index contributed by atoms with van der Waals surface area (Å²) in [5.74, 6) is 0. The molecule has 0 radical (unpaired) electrons. The Hall–Kier alpha value is -0.860. The molecule has 1 aliphatic carbocycles. The number of aryl methyl sites for hydroxylation is 1. The Morgan fingerprint density at radius 2 is 1.74 bits per heavy atom. The number of nitrogens with one attached hydrogen (secondary N) is 1. The van der Waals surface area contributed by atoms with Gasteiger partial charge in [0.05, 0.1) is 6.10 Å². The maximum absolute atomic E-state index is 10.2. The van der Waals surface area contributed by atoms with Gasteiger partial charge in [0.2, 0.25) is 0 Å². The fourth-order valence-electron chi connectivity index (χ4n) is 2.86. The fraction of sp³-hybridized carbons (Fsp3) is 0.647. The van der Waals surface area contributed by atoms with Gasteiger partial charge in [-0.3, -0.25) is 0 Å². The molecular weight excluding hydrogens is 234 g/mol. The number of aliphatic hydroxyl groups excluding tert-OH is 1. The monoisotopic (exact) mass is 261 g/mol. The normalized spacial score (nSPS) is 19.1. The molecule has 2 nitrogen and oxygen atoms in total. The van der Waals surface area contributed by atoms with Crippen LogP contribution in [0.25, 0.3) is 0 Å². The highest BCUT2D eigenvalue weighted by atomic mass is 16.3. The summed E-state index contributed by atoms with van der Waals surface area (Å²) in [6, 6.07) is 8.87. The second-order valence-electron chi connectivity index (χ2n) is 5.86. The smallest absolute Gasteiger partial charge is 0.0802 e. The van der Waals surface area contributed by atoms with Crippen LogP contribution in [0.1, 0.15) is 62.2 Å². The zero-order valence-electron chi connectivity index (χ0n) is 12.1. The maximum Gasteiger partial charge on any atom is 0.0802 e. The summed E-state index contributed by atoms with van der Waals surface area (Å²) in [6.07, 6.45) is 8.59. The maximum atomic E-state index is 10.2. The number of aliphatic hydroxyl groups is 1. The molecule has 2 N–H and O–H groups in total. The second kappa shape index (κ2) is 7.66. The summed E-state index contributed by atoms with van der Waals surface area (Å²) in [6.45, 7) is 2.99. The molecule has 1 aromatic carbocycles. The lowest BCUT2D eigenvalue weighted by Crippen LogP contribution is -2.30.